The highest BCUT2D eigenvalue weighted by atomic mass is 19.3. The molecule has 0 atom stereocenters. The molecule has 238 valence electrons. The summed E-state index contributed by atoms with van der Waals surface area (Å²) in [6, 6.07) is 18.6. The fourth-order valence-electron chi connectivity index (χ4n) is 6.80. The maximum Gasteiger partial charge on any atom is 0.248 e. The number of alkyl halides is 2. The summed E-state index contributed by atoms with van der Waals surface area (Å²) in [5.41, 5.74) is 8.63. The summed E-state index contributed by atoms with van der Waals surface area (Å²) >= 11 is 0. The van der Waals surface area contributed by atoms with Crippen LogP contribution in [-0.4, -0.2) is 48.4 Å². The van der Waals surface area contributed by atoms with Crippen LogP contribution in [0.15, 0.2) is 54.6 Å². The molecule has 0 saturated heterocycles. The number of rotatable bonds is 8. The van der Waals surface area contributed by atoms with Crippen LogP contribution in [0.4, 0.5) is 8.78 Å². The van der Waals surface area contributed by atoms with Gasteiger partial charge in [0.05, 0.1) is 17.1 Å². The number of nitrogens with zero attached hydrogens (tertiary/aromatic N) is 4. The SMILES string of the molecule is Cc1cccc(-c2cccc(-c3c(C)c(C(O)O)nn3C(C)C)n2)c1OCc1ccc2c(c1)CCN(C1CCC(F)(F)CC1)C2. The van der Waals surface area contributed by atoms with Gasteiger partial charge in [0.2, 0.25) is 5.92 Å². The molecule has 6 rings (SSSR count). The van der Waals surface area contributed by atoms with Crippen LogP contribution in [0.1, 0.15) is 85.4 Å². The van der Waals surface area contributed by atoms with E-state index in [0.717, 1.165) is 53.3 Å². The number of aliphatic hydroxyl groups is 2. The van der Waals surface area contributed by atoms with Gasteiger partial charge in [0.1, 0.15) is 18.1 Å². The van der Waals surface area contributed by atoms with Gasteiger partial charge in [-0.3, -0.25) is 9.58 Å². The molecule has 2 N–H and O–H groups in total. The fraction of sp³-hybridized carbons (Fsp3) is 0.444. The number of benzene rings is 2. The molecule has 1 saturated carbocycles. The summed E-state index contributed by atoms with van der Waals surface area (Å²) in [6.07, 6.45) is 0.365. The standard InChI is InChI=1S/C36H42F2N4O3/c1-22(2)42-33(24(4)32(40-42)35(43)44)31-10-6-9-30(39-31)29-8-5-7-23(3)34(29)45-21-25-11-12-27-20-41(18-15-26(27)19-25)28-13-16-36(37,38)17-14-28/h5-12,19,22,28,35,43-44H,13-18,20-21H2,1-4H3. The molecule has 1 fully saturated rings. The number of fused-ring (bicyclic) bond motifs is 1. The zero-order valence-electron chi connectivity index (χ0n) is 26.4. The third-order valence-corrected chi connectivity index (χ3v) is 9.30. The number of halogens is 2. The van der Waals surface area contributed by atoms with Crippen molar-refractivity contribution in [2.45, 2.75) is 97.2 Å². The summed E-state index contributed by atoms with van der Waals surface area (Å²) in [5, 5.41) is 24.2. The van der Waals surface area contributed by atoms with Gasteiger partial charge in [0.15, 0.2) is 6.29 Å². The molecule has 2 aliphatic rings. The Morgan fingerprint density at radius 2 is 1.71 bits per heavy atom. The molecule has 1 aliphatic heterocycles. The van der Waals surface area contributed by atoms with E-state index in [9.17, 15) is 19.0 Å². The van der Waals surface area contributed by atoms with Crippen molar-refractivity contribution in [2.24, 2.45) is 0 Å². The van der Waals surface area contributed by atoms with Crippen molar-refractivity contribution >= 4 is 0 Å². The molecule has 9 heteroatoms. The van der Waals surface area contributed by atoms with Crippen molar-refractivity contribution in [3.63, 3.8) is 0 Å². The zero-order chi connectivity index (χ0) is 31.9. The number of aliphatic hydroxyl groups excluding tert-OH is 1. The lowest BCUT2D eigenvalue weighted by Gasteiger charge is -2.39. The molecular weight excluding hydrogens is 574 g/mol. The predicted molar refractivity (Wildman–Crippen MR) is 170 cm³/mol. The van der Waals surface area contributed by atoms with E-state index < -0.39 is 12.2 Å². The lowest BCUT2D eigenvalue weighted by molar-refractivity contribution is -0.0552. The van der Waals surface area contributed by atoms with Gasteiger partial charge in [0.25, 0.3) is 0 Å². The highest BCUT2D eigenvalue weighted by molar-refractivity contribution is 5.72. The average molecular weight is 617 g/mol. The minimum Gasteiger partial charge on any atom is -0.488 e. The van der Waals surface area contributed by atoms with Crippen molar-refractivity contribution in [1.82, 2.24) is 19.7 Å². The third-order valence-electron chi connectivity index (χ3n) is 9.30. The first-order chi connectivity index (χ1) is 21.5. The van der Waals surface area contributed by atoms with Gasteiger partial charge < -0.3 is 14.9 Å². The second kappa shape index (κ2) is 12.6. The number of aromatic nitrogens is 3. The van der Waals surface area contributed by atoms with Crippen LogP contribution in [0.3, 0.4) is 0 Å². The molecule has 45 heavy (non-hydrogen) atoms. The molecule has 0 spiro atoms. The Hall–Kier alpha value is -3.66. The Bertz CT molecular complexity index is 1670. The highest BCUT2D eigenvalue weighted by Gasteiger charge is 2.37. The molecule has 0 bridgehead atoms. The third kappa shape index (κ3) is 6.52. The second-order valence-electron chi connectivity index (χ2n) is 12.8. The van der Waals surface area contributed by atoms with Crippen LogP contribution in [0.5, 0.6) is 5.75 Å². The van der Waals surface area contributed by atoms with Gasteiger partial charge in [-0.15, -0.1) is 0 Å². The predicted octanol–water partition coefficient (Wildman–Crippen LogP) is 7.31. The van der Waals surface area contributed by atoms with Crippen LogP contribution < -0.4 is 4.74 Å². The Morgan fingerprint density at radius 1 is 0.978 bits per heavy atom. The first kappa shape index (κ1) is 31.3. The highest BCUT2D eigenvalue weighted by Crippen LogP contribution is 2.38. The first-order valence-electron chi connectivity index (χ1n) is 15.9. The zero-order valence-corrected chi connectivity index (χ0v) is 26.4. The molecule has 0 radical (unpaired) electrons. The Kier molecular flexibility index (Phi) is 8.78. The molecule has 3 heterocycles. The topological polar surface area (TPSA) is 83.6 Å². The molecule has 0 amide bonds. The van der Waals surface area contributed by atoms with Crippen LogP contribution >= 0.6 is 0 Å². The molecule has 2 aromatic carbocycles. The monoisotopic (exact) mass is 616 g/mol. The molecule has 7 nitrogen and oxygen atoms in total. The number of aryl methyl sites for hydroxylation is 1. The van der Waals surface area contributed by atoms with E-state index in [1.165, 1.54) is 11.1 Å². The molecule has 1 aliphatic carbocycles. The smallest absolute Gasteiger partial charge is 0.248 e. The van der Waals surface area contributed by atoms with Crippen LogP contribution in [0, 0.1) is 13.8 Å². The van der Waals surface area contributed by atoms with Gasteiger partial charge in [-0.2, -0.15) is 5.10 Å². The lowest BCUT2D eigenvalue weighted by atomic mass is 9.89. The van der Waals surface area contributed by atoms with Crippen molar-refractivity contribution < 1.29 is 23.7 Å². The van der Waals surface area contributed by atoms with E-state index in [-0.39, 0.29) is 30.6 Å². The van der Waals surface area contributed by atoms with E-state index in [1.54, 1.807) is 4.68 Å². The van der Waals surface area contributed by atoms with Gasteiger partial charge in [-0.25, -0.2) is 13.8 Å². The summed E-state index contributed by atoms with van der Waals surface area (Å²) in [7, 11) is 0. The number of para-hydroxylation sites is 1. The van der Waals surface area contributed by atoms with Gasteiger partial charge in [0, 0.05) is 49.1 Å². The van der Waals surface area contributed by atoms with Gasteiger partial charge >= 0.3 is 0 Å². The molecule has 4 aromatic rings. The lowest BCUT2D eigenvalue weighted by Crippen LogP contribution is -2.43. The maximum absolute atomic E-state index is 13.7. The minimum atomic E-state index is -2.50. The number of ether oxygens (including phenoxy) is 1. The minimum absolute atomic E-state index is 0.00487. The number of hydrogen-bond donors (Lipinski definition) is 2. The van der Waals surface area contributed by atoms with E-state index in [2.05, 4.69) is 28.2 Å². The Labute approximate surface area is 263 Å². The van der Waals surface area contributed by atoms with Crippen LogP contribution in [-0.2, 0) is 19.6 Å². The molecule has 0 unspecified atom stereocenters. The van der Waals surface area contributed by atoms with Gasteiger partial charge in [-0.1, -0.05) is 36.4 Å². The number of pyridine rings is 1. The molecule has 2 aromatic heterocycles. The summed E-state index contributed by atoms with van der Waals surface area (Å²) in [6.45, 7) is 9.96. The van der Waals surface area contributed by atoms with Gasteiger partial charge in [-0.05, 0) is 87.4 Å². The van der Waals surface area contributed by atoms with E-state index in [0.29, 0.717) is 30.7 Å². The van der Waals surface area contributed by atoms with E-state index in [4.69, 9.17) is 9.72 Å². The van der Waals surface area contributed by atoms with Crippen molar-refractivity contribution in [3.05, 3.63) is 88.1 Å². The second-order valence-corrected chi connectivity index (χ2v) is 12.8. The Morgan fingerprint density at radius 3 is 2.44 bits per heavy atom. The van der Waals surface area contributed by atoms with Crippen molar-refractivity contribution in [2.75, 3.05) is 6.54 Å². The first-order valence-corrected chi connectivity index (χ1v) is 15.9. The largest absolute Gasteiger partial charge is 0.488 e. The van der Waals surface area contributed by atoms with E-state index in [1.807, 2.05) is 64.1 Å². The summed E-state index contributed by atoms with van der Waals surface area (Å²) < 4.78 is 35.7. The Balaban J connectivity index is 1.21. The van der Waals surface area contributed by atoms with Crippen LogP contribution in [0.2, 0.25) is 0 Å². The normalized spacial score (nSPS) is 17.2. The summed E-state index contributed by atoms with van der Waals surface area (Å²) in [4.78, 5) is 7.39. The quantitative estimate of drug-likeness (QED) is 0.202. The average Bonchev–Trinajstić information content (AvgIpc) is 3.38. The summed E-state index contributed by atoms with van der Waals surface area (Å²) in [5.74, 6) is -1.74. The fourth-order valence-corrected chi connectivity index (χ4v) is 6.80. The molecular formula is C36H42F2N4O3. The van der Waals surface area contributed by atoms with Crippen molar-refractivity contribution in [1.29, 1.82) is 0 Å². The van der Waals surface area contributed by atoms with E-state index >= 15 is 0 Å². The maximum atomic E-state index is 13.7. The van der Waals surface area contributed by atoms with Crippen LogP contribution in [0.25, 0.3) is 22.6 Å². The number of hydrogen-bond acceptors (Lipinski definition) is 6. The van der Waals surface area contributed by atoms with Crippen molar-refractivity contribution in [3.8, 4) is 28.4 Å².